The van der Waals surface area contributed by atoms with Crippen LogP contribution in [-0.2, 0) is 4.79 Å². The molecule has 9 heteroatoms. The van der Waals surface area contributed by atoms with Crippen molar-refractivity contribution in [1.29, 1.82) is 0 Å². The van der Waals surface area contributed by atoms with Gasteiger partial charge < -0.3 is 10.4 Å². The van der Waals surface area contributed by atoms with Crippen molar-refractivity contribution < 1.29 is 14.8 Å². The van der Waals surface area contributed by atoms with Crippen LogP contribution in [0.25, 0.3) is 6.08 Å². The van der Waals surface area contributed by atoms with Gasteiger partial charge in [-0.2, -0.15) is 0 Å². The lowest BCUT2D eigenvalue weighted by molar-refractivity contribution is -0.387. The van der Waals surface area contributed by atoms with Gasteiger partial charge in [0.15, 0.2) is 5.17 Å². The Morgan fingerprint density at radius 2 is 2.07 bits per heavy atom. The topological polar surface area (TPSA) is 105 Å². The molecule has 7 nitrogen and oxygen atoms in total. The second-order valence-corrected chi connectivity index (χ2v) is 8.50. The van der Waals surface area contributed by atoms with Gasteiger partial charge in [-0.3, -0.25) is 14.9 Å². The first-order valence-electron chi connectivity index (χ1n) is 8.76. The van der Waals surface area contributed by atoms with E-state index >= 15 is 0 Å². The fourth-order valence-corrected chi connectivity index (χ4v) is 4.31. The predicted molar refractivity (Wildman–Crippen MR) is 118 cm³/mol. The van der Waals surface area contributed by atoms with Gasteiger partial charge in [0.05, 0.1) is 27.0 Å². The average Bonchev–Trinajstić information content (AvgIpc) is 3.01. The van der Waals surface area contributed by atoms with Crippen LogP contribution in [0.4, 0.5) is 11.4 Å². The van der Waals surface area contributed by atoms with E-state index in [0.29, 0.717) is 26.3 Å². The maximum atomic E-state index is 12.3. The number of nitrogens with zero attached hydrogens (tertiary/aromatic N) is 2. The number of amidine groups is 1. The van der Waals surface area contributed by atoms with Crippen molar-refractivity contribution in [3.63, 3.8) is 0 Å². The zero-order valence-electron chi connectivity index (χ0n) is 15.8. The molecule has 3 rings (SSSR count). The maximum absolute atomic E-state index is 12.3. The molecule has 2 N–H and O–H groups in total. The Labute approximate surface area is 176 Å². The van der Waals surface area contributed by atoms with Crippen molar-refractivity contribution in [3.8, 4) is 0 Å². The number of rotatable bonds is 6. The van der Waals surface area contributed by atoms with Crippen LogP contribution in [0.1, 0.15) is 16.7 Å². The number of aliphatic hydroxyl groups is 1. The van der Waals surface area contributed by atoms with Crippen molar-refractivity contribution in [2.45, 2.75) is 18.7 Å². The van der Waals surface area contributed by atoms with Crippen LogP contribution >= 0.6 is 23.5 Å². The summed E-state index contributed by atoms with van der Waals surface area (Å²) in [5, 5.41) is 23.5. The number of nitro benzene ring substituents is 1. The normalized spacial score (nSPS) is 16.4. The summed E-state index contributed by atoms with van der Waals surface area (Å²) in [4.78, 5) is 28.6. The number of aliphatic hydroxyl groups excluding tert-OH is 1. The van der Waals surface area contributed by atoms with Crippen LogP contribution in [0.5, 0.6) is 0 Å². The van der Waals surface area contributed by atoms with Crippen LogP contribution in [0, 0.1) is 24.0 Å². The van der Waals surface area contributed by atoms with E-state index in [2.05, 4.69) is 10.3 Å². The number of amides is 1. The van der Waals surface area contributed by atoms with Gasteiger partial charge in [0.1, 0.15) is 0 Å². The summed E-state index contributed by atoms with van der Waals surface area (Å²) in [6, 6.07) is 10.7. The summed E-state index contributed by atoms with van der Waals surface area (Å²) < 4.78 is 0. The van der Waals surface area contributed by atoms with Crippen LogP contribution < -0.4 is 5.32 Å². The number of thioether (sulfide) groups is 2. The van der Waals surface area contributed by atoms with Crippen LogP contribution in [0.15, 0.2) is 51.2 Å². The number of carbonyl (C=O) groups excluding carboxylic acids is 1. The van der Waals surface area contributed by atoms with Gasteiger partial charge in [0.2, 0.25) is 0 Å². The highest BCUT2D eigenvalue weighted by Gasteiger charge is 2.24. The molecule has 0 atom stereocenters. The van der Waals surface area contributed by atoms with Gasteiger partial charge in [-0.05, 0) is 54.9 Å². The molecule has 1 saturated heterocycles. The van der Waals surface area contributed by atoms with Gasteiger partial charge in [-0.25, -0.2) is 4.99 Å². The number of nitro groups is 1. The monoisotopic (exact) mass is 429 g/mol. The second kappa shape index (κ2) is 9.25. The van der Waals surface area contributed by atoms with Crippen molar-refractivity contribution in [3.05, 3.63) is 68.1 Å². The molecule has 1 amide bonds. The minimum Gasteiger partial charge on any atom is -0.396 e. The van der Waals surface area contributed by atoms with Gasteiger partial charge in [0.25, 0.3) is 11.6 Å². The van der Waals surface area contributed by atoms with Crippen LogP contribution in [-0.4, -0.2) is 33.5 Å². The molecule has 29 heavy (non-hydrogen) atoms. The Morgan fingerprint density at radius 1 is 1.28 bits per heavy atom. The Bertz CT molecular complexity index is 1030. The molecule has 1 fully saturated rings. The van der Waals surface area contributed by atoms with E-state index in [1.54, 1.807) is 18.2 Å². The predicted octanol–water partition coefficient (Wildman–Crippen LogP) is 4.19. The highest BCUT2D eigenvalue weighted by atomic mass is 32.2. The average molecular weight is 430 g/mol. The molecule has 1 aliphatic rings. The van der Waals surface area contributed by atoms with Crippen LogP contribution in [0.2, 0.25) is 0 Å². The first-order valence-corrected chi connectivity index (χ1v) is 10.6. The zero-order valence-corrected chi connectivity index (χ0v) is 17.5. The Hall–Kier alpha value is -2.62. The molecule has 2 aromatic rings. The number of aliphatic imine (C=N–C) groups is 1. The van der Waals surface area contributed by atoms with Crippen molar-refractivity contribution in [1.82, 2.24) is 5.32 Å². The first-order chi connectivity index (χ1) is 13.9. The number of hydrogen-bond donors (Lipinski definition) is 2. The van der Waals surface area contributed by atoms with Gasteiger partial charge >= 0.3 is 0 Å². The highest BCUT2D eigenvalue weighted by Crippen LogP contribution is 2.33. The summed E-state index contributed by atoms with van der Waals surface area (Å²) in [5.41, 5.74) is 3.43. The van der Waals surface area contributed by atoms with Crippen LogP contribution in [0.3, 0.4) is 0 Å². The molecule has 0 bridgehead atoms. The highest BCUT2D eigenvalue weighted by molar-refractivity contribution is 8.18. The fraction of sp³-hybridized carbons (Fsp3) is 0.200. The van der Waals surface area contributed by atoms with E-state index in [0.717, 1.165) is 16.8 Å². The molecule has 0 spiro atoms. The molecule has 0 unspecified atom stereocenters. The number of nitrogens with one attached hydrogen (secondary N) is 1. The molecular weight excluding hydrogens is 410 g/mol. The standard InChI is InChI=1S/C20H19N3O4S2/c1-12-3-5-15(13(2)9-12)21-20-22-19(25)18(29-20)11-14-4-6-17(28-8-7-24)16(10-14)23(26)27/h3-6,9-11,24H,7-8H2,1-2H3,(H,21,22,25)/b18-11+. The molecule has 0 saturated carbocycles. The Morgan fingerprint density at radius 3 is 2.76 bits per heavy atom. The lowest BCUT2D eigenvalue weighted by Crippen LogP contribution is -2.19. The number of hydrogen-bond acceptors (Lipinski definition) is 7. The molecule has 1 aliphatic heterocycles. The van der Waals surface area contributed by atoms with E-state index < -0.39 is 4.92 Å². The largest absolute Gasteiger partial charge is 0.396 e. The number of carbonyl (C=O) groups is 1. The van der Waals surface area contributed by atoms with Crippen molar-refractivity contribution in [2.24, 2.45) is 4.99 Å². The minimum atomic E-state index is -0.462. The van der Waals surface area contributed by atoms with E-state index in [1.807, 2.05) is 32.0 Å². The van der Waals surface area contributed by atoms with E-state index in [1.165, 1.54) is 29.6 Å². The SMILES string of the molecule is Cc1ccc(N=C2NC(=O)/C(=C\c3ccc(SCCO)c([N+](=O)[O-])c3)S2)c(C)c1. The first kappa shape index (κ1) is 21.1. The summed E-state index contributed by atoms with van der Waals surface area (Å²) >= 11 is 2.41. The lowest BCUT2D eigenvalue weighted by Gasteiger charge is -2.03. The number of benzene rings is 2. The molecule has 150 valence electrons. The smallest absolute Gasteiger partial charge is 0.283 e. The molecular formula is C20H19N3O4S2. The third-order valence-corrected chi connectivity index (χ3v) is 6.00. The van der Waals surface area contributed by atoms with Gasteiger partial charge in [-0.1, -0.05) is 23.8 Å². The maximum Gasteiger partial charge on any atom is 0.283 e. The summed E-state index contributed by atoms with van der Waals surface area (Å²) in [6.07, 6.45) is 1.61. The van der Waals surface area contributed by atoms with E-state index in [4.69, 9.17) is 5.11 Å². The third kappa shape index (κ3) is 5.26. The fourth-order valence-electron chi connectivity index (χ4n) is 2.72. The third-order valence-electron chi connectivity index (χ3n) is 4.05. The summed E-state index contributed by atoms with van der Waals surface area (Å²) in [7, 11) is 0. The molecule has 0 radical (unpaired) electrons. The lowest BCUT2D eigenvalue weighted by atomic mass is 10.1. The zero-order chi connectivity index (χ0) is 21.0. The Balaban J connectivity index is 1.85. The van der Waals surface area contributed by atoms with E-state index in [9.17, 15) is 14.9 Å². The van der Waals surface area contributed by atoms with Crippen molar-refractivity contribution in [2.75, 3.05) is 12.4 Å². The van der Waals surface area contributed by atoms with E-state index in [-0.39, 0.29) is 18.2 Å². The molecule has 2 aromatic carbocycles. The Kier molecular flexibility index (Phi) is 6.73. The quantitative estimate of drug-likeness (QED) is 0.309. The van der Waals surface area contributed by atoms with Gasteiger partial charge in [0, 0.05) is 11.8 Å². The van der Waals surface area contributed by atoms with Gasteiger partial charge in [-0.15, -0.1) is 11.8 Å². The molecule has 1 heterocycles. The summed E-state index contributed by atoms with van der Waals surface area (Å²) in [6.45, 7) is 3.90. The second-order valence-electron chi connectivity index (χ2n) is 6.33. The minimum absolute atomic E-state index is 0.0506. The number of aryl methyl sites for hydroxylation is 2. The van der Waals surface area contributed by atoms with Crippen molar-refractivity contribution >= 4 is 52.0 Å². The molecule has 0 aromatic heterocycles. The summed E-state index contributed by atoms with van der Waals surface area (Å²) in [5.74, 6) is 0.0810. The molecule has 0 aliphatic carbocycles.